The Balaban J connectivity index is 1.78. The first-order valence-electron chi connectivity index (χ1n) is 8.91. The van der Waals surface area contributed by atoms with E-state index < -0.39 is 42.1 Å². The Morgan fingerprint density at radius 3 is 2.46 bits per heavy atom. The summed E-state index contributed by atoms with van der Waals surface area (Å²) in [7, 11) is 0. The molecule has 2 amide bonds. The van der Waals surface area contributed by atoms with E-state index in [1.807, 2.05) is 0 Å². The zero-order valence-electron chi connectivity index (χ0n) is 14.7. The first-order chi connectivity index (χ1) is 13.1. The molecule has 2 N–H and O–H groups in total. The summed E-state index contributed by atoms with van der Waals surface area (Å²) >= 11 is 5.85. The van der Waals surface area contributed by atoms with Crippen molar-refractivity contribution in [1.82, 2.24) is 10.6 Å². The van der Waals surface area contributed by atoms with Crippen LogP contribution in [-0.2, 0) is 9.53 Å². The maximum atomic E-state index is 13.5. The van der Waals surface area contributed by atoms with Crippen LogP contribution in [0.15, 0.2) is 18.2 Å². The van der Waals surface area contributed by atoms with Crippen LogP contribution < -0.4 is 10.6 Å². The second kappa shape index (κ2) is 8.14. The second-order valence-electron chi connectivity index (χ2n) is 7.09. The molecular formula is C18H19ClF4N2O3. The predicted octanol–water partition coefficient (Wildman–Crippen LogP) is 4.11. The number of nitrogens with one attached hydrogen (secondary N) is 2. The fourth-order valence-electron chi connectivity index (χ4n) is 3.74. The highest BCUT2D eigenvalue weighted by Gasteiger charge is 2.43. The van der Waals surface area contributed by atoms with Crippen LogP contribution in [0, 0.1) is 17.7 Å². The van der Waals surface area contributed by atoms with E-state index in [-0.39, 0.29) is 43.2 Å². The summed E-state index contributed by atoms with van der Waals surface area (Å²) in [4.78, 5) is 23.6. The molecule has 1 aliphatic heterocycles. The number of carbonyl (C=O) groups excluding carboxylic acids is 2. The topological polar surface area (TPSA) is 67.4 Å². The van der Waals surface area contributed by atoms with E-state index in [1.54, 1.807) is 0 Å². The van der Waals surface area contributed by atoms with Crippen molar-refractivity contribution in [1.29, 1.82) is 0 Å². The quantitative estimate of drug-likeness (QED) is 0.717. The highest BCUT2D eigenvalue weighted by atomic mass is 35.5. The molecule has 154 valence electrons. The van der Waals surface area contributed by atoms with Crippen LogP contribution in [0.4, 0.5) is 22.4 Å². The van der Waals surface area contributed by atoms with Crippen LogP contribution >= 0.6 is 11.6 Å². The summed E-state index contributed by atoms with van der Waals surface area (Å²) in [5.41, 5.74) is 0.493. The third kappa shape index (κ3) is 4.68. The summed E-state index contributed by atoms with van der Waals surface area (Å²) in [5, 5.41) is 4.97. The zero-order chi connectivity index (χ0) is 20.5. The van der Waals surface area contributed by atoms with Crippen molar-refractivity contribution in [2.75, 3.05) is 6.54 Å². The third-order valence-corrected chi connectivity index (χ3v) is 5.57. The van der Waals surface area contributed by atoms with E-state index in [4.69, 9.17) is 16.3 Å². The number of alkyl halides is 3. The minimum Gasteiger partial charge on any atom is -0.434 e. The maximum absolute atomic E-state index is 13.5. The van der Waals surface area contributed by atoms with E-state index in [2.05, 4.69) is 10.6 Å². The van der Waals surface area contributed by atoms with Crippen molar-refractivity contribution in [2.45, 2.75) is 44.0 Å². The average molecular weight is 423 g/mol. The molecule has 0 spiro atoms. The van der Waals surface area contributed by atoms with Crippen molar-refractivity contribution in [2.24, 2.45) is 11.8 Å². The lowest BCUT2D eigenvalue weighted by Crippen LogP contribution is -2.42. The van der Waals surface area contributed by atoms with Crippen LogP contribution in [0.25, 0.3) is 0 Å². The normalized spacial score (nSPS) is 26.3. The smallest absolute Gasteiger partial charge is 0.408 e. The van der Waals surface area contributed by atoms with Gasteiger partial charge in [0, 0.05) is 0 Å². The molecule has 10 heteroatoms. The van der Waals surface area contributed by atoms with Gasteiger partial charge in [0.1, 0.15) is 5.82 Å². The number of hydrogen-bond acceptors (Lipinski definition) is 3. The predicted molar refractivity (Wildman–Crippen MR) is 92.1 cm³/mol. The molecule has 0 bridgehead atoms. The number of rotatable bonds is 4. The van der Waals surface area contributed by atoms with Gasteiger partial charge in [-0.15, -0.1) is 0 Å². The SMILES string of the molecule is O=C1NC[C@@H](C(=O)NC(c2ccc(F)c(Cl)c2)C2CCC(C(F)(F)F)CC2)O1. The first kappa shape index (κ1) is 20.7. The van der Waals surface area contributed by atoms with Gasteiger partial charge >= 0.3 is 12.3 Å². The van der Waals surface area contributed by atoms with Crippen LogP contribution in [0.3, 0.4) is 0 Å². The lowest BCUT2D eigenvalue weighted by molar-refractivity contribution is -0.184. The van der Waals surface area contributed by atoms with Crippen molar-refractivity contribution < 1.29 is 31.9 Å². The molecule has 3 rings (SSSR count). The molecule has 1 aromatic carbocycles. The summed E-state index contributed by atoms with van der Waals surface area (Å²) in [5.74, 6) is -2.85. The molecule has 1 aliphatic carbocycles. The van der Waals surface area contributed by atoms with Gasteiger partial charge in [0.2, 0.25) is 0 Å². The maximum Gasteiger partial charge on any atom is 0.408 e. The second-order valence-corrected chi connectivity index (χ2v) is 7.50. The molecule has 1 saturated carbocycles. The molecule has 2 atom stereocenters. The Labute approximate surface area is 163 Å². The summed E-state index contributed by atoms with van der Waals surface area (Å²) in [6, 6.07) is 3.28. The Morgan fingerprint density at radius 2 is 1.93 bits per heavy atom. The molecular weight excluding hydrogens is 404 g/mol. The number of amides is 2. The highest BCUT2D eigenvalue weighted by Crippen LogP contribution is 2.43. The van der Waals surface area contributed by atoms with E-state index in [9.17, 15) is 27.2 Å². The summed E-state index contributed by atoms with van der Waals surface area (Å²) in [6.07, 6.45) is -5.60. The van der Waals surface area contributed by atoms with Crippen molar-refractivity contribution >= 4 is 23.6 Å². The molecule has 2 aliphatic rings. The van der Waals surface area contributed by atoms with Gasteiger partial charge in [-0.3, -0.25) is 4.79 Å². The summed E-state index contributed by atoms with van der Waals surface area (Å²) < 4.78 is 57.3. The average Bonchev–Trinajstić information content (AvgIpc) is 3.08. The molecule has 1 saturated heterocycles. The monoisotopic (exact) mass is 422 g/mol. The van der Waals surface area contributed by atoms with Crippen LogP contribution in [-0.4, -0.2) is 30.8 Å². The highest BCUT2D eigenvalue weighted by molar-refractivity contribution is 6.30. The number of carbonyl (C=O) groups is 2. The lowest BCUT2D eigenvalue weighted by Gasteiger charge is -2.35. The van der Waals surface area contributed by atoms with Gasteiger partial charge in [-0.1, -0.05) is 17.7 Å². The van der Waals surface area contributed by atoms with Gasteiger partial charge in [-0.25, -0.2) is 9.18 Å². The number of halogens is 5. The summed E-state index contributed by atoms with van der Waals surface area (Å²) in [6.45, 7) is 0.00236. The largest absolute Gasteiger partial charge is 0.434 e. The minimum absolute atomic E-state index is 0.00236. The molecule has 1 heterocycles. The Bertz CT molecular complexity index is 751. The van der Waals surface area contributed by atoms with Gasteiger partial charge < -0.3 is 15.4 Å². The number of hydrogen-bond donors (Lipinski definition) is 2. The third-order valence-electron chi connectivity index (χ3n) is 5.28. The fraction of sp³-hybridized carbons (Fsp3) is 0.556. The standard InChI is InChI=1S/C18H19ClF4N2O3/c19-12-7-10(3-6-13(12)20)15(25-16(26)14-8-24-17(27)28-14)9-1-4-11(5-2-9)18(21,22)23/h3,6-7,9,11,14-15H,1-2,4-5,8H2,(H,24,27)(H,25,26)/t9?,11?,14-,15?/m0/s1. The van der Waals surface area contributed by atoms with E-state index in [1.165, 1.54) is 12.1 Å². The molecule has 0 radical (unpaired) electrons. The van der Waals surface area contributed by atoms with Crippen LogP contribution in [0.5, 0.6) is 0 Å². The number of alkyl carbamates (subject to hydrolysis) is 1. The number of benzene rings is 1. The van der Waals surface area contributed by atoms with E-state index in [0.717, 1.165) is 6.07 Å². The molecule has 1 aromatic rings. The van der Waals surface area contributed by atoms with Crippen molar-refractivity contribution in [3.63, 3.8) is 0 Å². The van der Waals surface area contributed by atoms with E-state index in [0.29, 0.717) is 5.56 Å². The van der Waals surface area contributed by atoms with E-state index >= 15 is 0 Å². The molecule has 5 nitrogen and oxygen atoms in total. The Morgan fingerprint density at radius 1 is 1.25 bits per heavy atom. The molecule has 28 heavy (non-hydrogen) atoms. The first-order valence-corrected chi connectivity index (χ1v) is 9.29. The van der Waals surface area contributed by atoms with Gasteiger partial charge in [0.15, 0.2) is 6.10 Å². The van der Waals surface area contributed by atoms with Gasteiger partial charge in [0.25, 0.3) is 5.91 Å². The van der Waals surface area contributed by atoms with Crippen molar-refractivity contribution in [3.8, 4) is 0 Å². The van der Waals surface area contributed by atoms with Crippen LogP contribution in [0.2, 0.25) is 5.02 Å². The molecule has 1 unspecified atom stereocenters. The fourth-order valence-corrected chi connectivity index (χ4v) is 3.93. The van der Waals surface area contributed by atoms with Gasteiger partial charge in [-0.05, 0) is 49.3 Å². The van der Waals surface area contributed by atoms with Crippen molar-refractivity contribution in [3.05, 3.63) is 34.6 Å². The minimum atomic E-state index is -4.24. The van der Waals surface area contributed by atoms with Crippen LogP contribution in [0.1, 0.15) is 37.3 Å². The number of cyclic esters (lactones) is 1. The zero-order valence-corrected chi connectivity index (χ0v) is 15.4. The molecule has 2 fully saturated rings. The van der Waals surface area contributed by atoms with Gasteiger partial charge in [-0.2, -0.15) is 13.2 Å². The lowest BCUT2D eigenvalue weighted by atomic mass is 9.76. The van der Waals surface area contributed by atoms with Gasteiger partial charge in [0.05, 0.1) is 23.5 Å². The Kier molecular flexibility index (Phi) is 6.02. The number of ether oxygens (including phenoxy) is 1. The Hall–Kier alpha value is -2.03. The molecule has 0 aromatic heterocycles.